The third-order valence-electron chi connectivity index (χ3n) is 3.50. The van der Waals surface area contributed by atoms with Gasteiger partial charge in [0.2, 0.25) is 0 Å². The third-order valence-corrected chi connectivity index (χ3v) is 3.50. The van der Waals surface area contributed by atoms with Crippen LogP contribution in [0.25, 0.3) is 0 Å². The van der Waals surface area contributed by atoms with E-state index in [0.717, 1.165) is 11.1 Å². The van der Waals surface area contributed by atoms with Crippen LogP contribution < -0.4 is 0 Å². The van der Waals surface area contributed by atoms with Crippen LogP contribution in [0.15, 0.2) is 35.5 Å². The highest BCUT2D eigenvalue weighted by molar-refractivity contribution is 6.03. The summed E-state index contributed by atoms with van der Waals surface area (Å²) in [4.78, 5) is 23.5. The lowest BCUT2D eigenvalue weighted by atomic mass is 9.85. The number of ketones is 1. The summed E-state index contributed by atoms with van der Waals surface area (Å²) in [6.45, 7) is 5.73. The standard InChI is InChI=1S/C15H18O3/c1-10-5-4-6-11-9-13(18-14(11)17)15(2,3)8-7-12(10)16/h5,7-9,13H,4,6H2,1-3H3/b8-7-,10-5-. The number of carbonyl (C=O) groups excluding carboxylic acids is 2. The van der Waals surface area contributed by atoms with Gasteiger partial charge in [0, 0.05) is 11.0 Å². The maximum Gasteiger partial charge on any atom is 0.334 e. The lowest BCUT2D eigenvalue weighted by Crippen LogP contribution is -2.27. The average molecular weight is 246 g/mol. The van der Waals surface area contributed by atoms with Crippen LogP contribution in [-0.4, -0.2) is 17.9 Å². The fourth-order valence-electron chi connectivity index (χ4n) is 2.09. The van der Waals surface area contributed by atoms with Crippen molar-refractivity contribution in [3.05, 3.63) is 35.5 Å². The first-order chi connectivity index (χ1) is 8.40. The van der Waals surface area contributed by atoms with E-state index >= 15 is 0 Å². The Balaban J connectivity index is 2.37. The Hall–Kier alpha value is -1.64. The van der Waals surface area contributed by atoms with Crippen LogP contribution in [0.2, 0.25) is 0 Å². The average Bonchev–Trinajstić information content (AvgIpc) is 2.67. The fraction of sp³-hybridized carbons (Fsp3) is 0.467. The summed E-state index contributed by atoms with van der Waals surface area (Å²) >= 11 is 0. The SMILES string of the molecule is C/C1=C/CCC2=CC(OC2=O)C(C)(C)/C=C\C1=O. The predicted molar refractivity (Wildman–Crippen MR) is 68.9 cm³/mol. The Bertz CT molecular complexity index is 478. The van der Waals surface area contributed by atoms with Crippen molar-refractivity contribution in [3.8, 4) is 0 Å². The molecule has 3 heteroatoms. The summed E-state index contributed by atoms with van der Waals surface area (Å²) in [5, 5.41) is 0. The van der Waals surface area contributed by atoms with Crippen molar-refractivity contribution in [2.75, 3.05) is 0 Å². The summed E-state index contributed by atoms with van der Waals surface area (Å²) < 4.78 is 5.36. The molecule has 0 saturated carbocycles. The zero-order chi connectivity index (χ0) is 13.3. The molecule has 0 amide bonds. The van der Waals surface area contributed by atoms with Gasteiger partial charge < -0.3 is 4.74 Å². The molecular weight excluding hydrogens is 228 g/mol. The Morgan fingerprint density at radius 3 is 2.78 bits per heavy atom. The molecule has 0 aromatic heterocycles. The normalized spacial score (nSPS) is 31.8. The minimum absolute atomic E-state index is 0.0252. The first-order valence-corrected chi connectivity index (χ1v) is 6.22. The van der Waals surface area contributed by atoms with E-state index in [1.807, 2.05) is 39.0 Å². The molecule has 96 valence electrons. The molecule has 1 aliphatic heterocycles. The highest BCUT2D eigenvalue weighted by Crippen LogP contribution is 2.33. The van der Waals surface area contributed by atoms with E-state index in [9.17, 15) is 9.59 Å². The summed E-state index contributed by atoms with van der Waals surface area (Å²) in [6.07, 6.45) is 8.24. The molecule has 2 rings (SSSR count). The molecule has 2 aliphatic rings. The quantitative estimate of drug-likeness (QED) is 0.617. The molecule has 18 heavy (non-hydrogen) atoms. The number of esters is 1. The summed E-state index contributed by atoms with van der Waals surface area (Å²) in [6, 6.07) is 0. The van der Waals surface area contributed by atoms with Crippen LogP contribution in [0.1, 0.15) is 33.6 Å². The molecule has 0 saturated heterocycles. The number of ether oxygens (including phenoxy) is 1. The molecule has 2 bridgehead atoms. The van der Waals surface area contributed by atoms with Gasteiger partial charge >= 0.3 is 5.97 Å². The lowest BCUT2D eigenvalue weighted by Gasteiger charge is -2.25. The summed E-state index contributed by atoms with van der Waals surface area (Å²) in [7, 11) is 0. The van der Waals surface area contributed by atoms with Crippen molar-refractivity contribution in [2.24, 2.45) is 5.41 Å². The van der Waals surface area contributed by atoms with Gasteiger partial charge in [-0.2, -0.15) is 0 Å². The fourth-order valence-corrected chi connectivity index (χ4v) is 2.09. The van der Waals surface area contributed by atoms with Gasteiger partial charge in [0.25, 0.3) is 0 Å². The number of fused-ring (bicyclic) bond motifs is 1. The van der Waals surface area contributed by atoms with Crippen molar-refractivity contribution in [2.45, 2.75) is 39.7 Å². The molecule has 0 fully saturated rings. The van der Waals surface area contributed by atoms with Crippen LogP contribution in [0, 0.1) is 5.41 Å². The second kappa shape index (κ2) is 4.56. The van der Waals surface area contributed by atoms with Crippen LogP contribution in [-0.2, 0) is 14.3 Å². The zero-order valence-corrected chi connectivity index (χ0v) is 11.0. The maximum atomic E-state index is 11.8. The number of hydrogen-bond acceptors (Lipinski definition) is 3. The monoisotopic (exact) mass is 246 g/mol. The molecule has 1 unspecified atom stereocenters. The maximum absolute atomic E-state index is 11.8. The largest absolute Gasteiger partial charge is 0.454 e. The summed E-state index contributed by atoms with van der Waals surface area (Å²) in [5.41, 5.74) is 1.09. The molecule has 1 aliphatic carbocycles. The van der Waals surface area contributed by atoms with E-state index in [-0.39, 0.29) is 23.3 Å². The van der Waals surface area contributed by atoms with E-state index in [1.165, 1.54) is 0 Å². The first kappa shape index (κ1) is 12.8. The van der Waals surface area contributed by atoms with Crippen molar-refractivity contribution >= 4 is 11.8 Å². The number of hydrogen-bond donors (Lipinski definition) is 0. The highest BCUT2D eigenvalue weighted by Gasteiger charge is 2.35. The predicted octanol–water partition coefficient (Wildman–Crippen LogP) is 2.73. The number of allylic oxidation sites excluding steroid dienone is 3. The van der Waals surface area contributed by atoms with Gasteiger partial charge in [0.15, 0.2) is 5.78 Å². The van der Waals surface area contributed by atoms with Gasteiger partial charge in [0.05, 0.1) is 0 Å². The van der Waals surface area contributed by atoms with Crippen molar-refractivity contribution in [3.63, 3.8) is 0 Å². The molecule has 0 radical (unpaired) electrons. The molecule has 0 N–H and O–H groups in total. The van der Waals surface area contributed by atoms with Crippen molar-refractivity contribution < 1.29 is 14.3 Å². The number of carbonyl (C=O) groups is 2. The van der Waals surface area contributed by atoms with Gasteiger partial charge in [-0.15, -0.1) is 0 Å². The van der Waals surface area contributed by atoms with Gasteiger partial charge in [-0.3, -0.25) is 4.79 Å². The highest BCUT2D eigenvalue weighted by atomic mass is 16.5. The second-order valence-electron chi connectivity index (χ2n) is 5.46. The third kappa shape index (κ3) is 2.45. The Labute approximate surface area is 107 Å². The lowest BCUT2D eigenvalue weighted by molar-refractivity contribution is -0.142. The first-order valence-electron chi connectivity index (χ1n) is 6.22. The molecule has 1 atom stereocenters. The van der Waals surface area contributed by atoms with Crippen molar-refractivity contribution in [1.29, 1.82) is 0 Å². The molecular formula is C15H18O3. The summed E-state index contributed by atoms with van der Waals surface area (Å²) in [5.74, 6) is -0.198. The molecule has 0 spiro atoms. The molecule has 1 heterocycles. The van der Waals surface area contributed by atoms with Gasteiger partial charge in [-0.1, -0.05) is 26.0 Å². The van der Waals surface area contributed by atoms with E-state index in [4.69, 9.17) is 4.74 Å². The van der Waals surface area contributed by atoms with Crippen LogP contribution in [0.5, 0.6) is 0 Å². The molecule has 0 aromatic rings. The van der Waals surface area contributed by atoms with Gasteiger partial charge in [-0.25, -0.2) is 4.79 Å². The smallest absolute Gasteiger partial charge is 0.334 e. The molecule has 3 nitrogen and oxygen atoms in total. The Kier molecular flexibility index (Phi) is 3.24. The van der Waals surface area contributed by atoms with E-state index in [1.54, 1.807) is 6.08 Å². The van der Waals surface area contributed by atoms with Crippen LogP contribution in [0.3, 0.4) is 0 Å². The minimum Gasteiger partial charge on any atom is -0.454 e. The van der Waals surface area contributed by atoms with Gasteiger partial charge in [0.1, 0.15) is 6.10 Å². The van der Waals surface area contributed by atoms with Crippen molar-refractivity contribution in [1.82, 2.24) is 0 Å². The number of rotatable bonds is 0. The van der Waals surface area contributed by atoms with E-state index in [0.29, 0.717) is 12.8 Å². The van der Waals surface area contributed by atoms with E-state index in [2.05, 4.69) is 0 Å². The Morgan fingerprint density at radius 2 is 2.06 bits per heavy atom. The van der Waals surface area contributed by atoms with Gasteiger partial charge in [-0.05, 0) is 37.5 Å². The minimum atomic E-state index is -0.363. The zero-order valence-electron chi connectivity index (χ0n) is 11.0. The molecule has 0 aromatic carbocycles. The topological polar surface area (TPSA) is 43.4 Å². The second-order valence-corrected chi connectivity index (χ2v) is 5.46. The Morgan fingerprint density at radius 1 is 1.33 bits per heavy atom. The van der Waals surface area contributed by atoms with E-state index < -0.39 is 0 Å². The van der Waals surface area contributed by atoms with Crippen LogP contribution >= 0.6 is 0 Å². The van der Waals surface area contributed by atoms with Crippen LogP contribution in [0.4, 0.5) is 0 Å².